The standard InChI is InChI=1S/C13H15NO2/c15-8-10-6-9-7-12(4-5-13(9)14-10)16-11-2-1-3-11/h4-7,11,14-15H,1-3,8H2. The van der Waals surface area contributed by atoms with E-state index in [1.54, 1.807) is 0 Å². The molecule has 1 saturated carbocycles. The number of benzene rings is 1. The molecule has 2 aromatic rings. The van der Waals surface area contributed by atoms with Crippen molar-refractivity contribution in [3.8, 4) is 5.75 Å². The van der Waals surface area contributed by atoms with Crippen molar-refractivity contribution in [2.45, 2.75) is 32.0 Å². The molecule has 2 N–H and O–H groups in total. The second-order valence-corrected chi connectivity index (χ2v) is 4.37. The summed E-state index contributed by atoms with van der Waals surface area (Å²) in [6.07, 6.45) is 4.04. The molecule has 0 bridgehead atoms. The van der Waals surface area contributed by atoms with Gasteiger partial charge in [-0.1, -0.05) is 0 Å². The van der Waals surface area contributed by atoms with Gasteiger partial charge >= 0.3 is 0 Å². The normalized spacial score (nSPS) is 16.3. The van der Waals surface area contributed by atoms with E-state index in [0.29, 0.717) is 6.10 Å². The van der Waals surface area contributed by atoms with Crippen LogP contribution in [0.15, 0.2) is 24.3 Å². The Hall–Kier alpha value is -1.48. The Balaban J connectivity index is 1.88. The highest BCUT2D eigenvalue weighted by Crippen LogP contribution is 2.27. The van der Waals surface area contributed by atoms with E-state index in [9.17, 15) is 0 Å². The van der Waals surface area contributed by atoms with Crippen LogP contribution in [-0.2, 0) is 6.61 Å². The molecule has 1 fully saturated rings. The van der Waals surface area contributed by atoms with E-state index >= 15 is 0 Å². The number of fused-ring (bicyclic) bond motifs is 1. The number of aromatic amines is 1. The highest BCUT2D eigenvalue weighted by molar-refractivity contribution is 5.81. The van der Waals surface area contributed by atoms with Gasteiger partial charge in [0.25, 0.3) is 0 Å². The van der Waals surface area contributed by atoms with E-state index in [0.717, 1.165) is 22.3 Å². The molecule has 0 radical (unpaired) electrons. The number of aromatic nitrogens is 1. The molecule has 1 aromatic carbocycles. The van der Waals surface area contributed by atoms with Crippen LogP contribution >= 0.6 is 0 Å². The average Bonchev–Trinajstić information content (AvgIpc) is 2.65. The smallest absolute Gasteiger partial charge is 0.120 e. The van der Waals surface area contributed by atoms with Gasteiger partial charge in [-0.3, -0.25) is 0 Å². The molecule has 1 aliphatic carbocycles. The fraction of sp³-hybridized carbons (Fsp3) is 0.385. The monoisotopic (exact) mass is 217 g/mol. The van der Waals surface area contributed by atoms with Crippen molar-refractivity contribution in [2.75, 3.05) is 0 Å². The summed E-state index contributed by atoms with van der Waals surface area (Å²) < 4.78 is 5.82. The van der Waals surface area contributed by atoms with Crippen molar-refractivity contribution in [3.63, 3.8) is 0 Å². The van der Waals surface area contributed by atoms with Crippen molar-refractivity contribution in [3.05, 3.63) is 30.0 Å². The molecule has 0 aliphatic heterocycles. The Morgan fingerprint density at radius 2 is 2.19 bits per heavy atom. The Kier molecular flexibility index (Phi) is 2.33. The van der Waals surface area contributed by atoms with E-state index in [1.165, 1.54) is 19.3 Å². The molecule has 1 aliphatic rings. The summed E-state index contributed by atoms with van der Waals surface area (Å²) in [6.45, 7) is 0.0491. The number of hydrogen-bond donors (Lipinski definition) is 2. The molecule has 0 spiro atoms. The molecule has 0 saturated heterocycles. The molecule has 3 heteroatoms. The fourth-order valence-corrected chi connectivity index (χ4v) is 2.01. The topological polar surface area (TPSA) is 45.2 Å². The summed E-state index contributed by atoms with van der Waals surface area (Å²) in [5.74, 6) is 0.931. The highest BCUT2D eigenvalue weighted by atomic mass is 16.5. The lowest BCUT2D eigenvalue weighted by Gasteiger charge is -2.26. The third kappa shape index (κ3) is 1.67. The number of rotatable bonds is 3. The fourth-order valence-electron chi connectivity index (χ4n) is 2.01. The highest BCUT2D eigenvalue weighted by Gasteiger charge is 2.19. The number of aliphatic hydroxyl groups excluding tert-OH is 1. The quantitative estimate of drug-likeness (QED) is 0.830. The zero-order valence-corrected chi connectivity index (χ0v) is 9.07. The number of H-pyrrole nitrogens is 1. The summed E-state index contributed by atoms with van der Waals surface area (Å²) >= 11 is 0. The van der Waals surface area contributed by atoms with Gasteiger partial charge in [-0.15, -0.1) is 0 Å². The maximum Gasteiger partial charge on any atom is 0.120 e. The van der Waals surface area contributed by atoms with Gasteiger partial charge in [0, 0.05) is 16.6 Å². The van der Waals surface area contributed by atoms with E-state index in [2.05, 4.69) is 4.98 Å². The van der Waals surface area contributed by atoms with Crippen LogP contribution in [0.5, 0.6) is 5.75 Å². The molecule has 3 rings (SSSR count). The van der Waals surface area contributed by atoms with Gasteiger partial charge < -0.3 is 14.8 Å². The van der Waals surface area contributed by atoms with Crippen molar-refractivity contribution < 1.29 is 9.84 Å². The van der Waals surface area contributed by atoms with Gasteiger partial charge in [-0.2, -0.15) is 0 Å². The second-order valence-electron chi connectivity index (χ2n) is 4.37. The van der Waals surface area contributed by atoms with Gasteiger partial charge in [-0.05, 0) is 43.5 Å². The van der Waals surface area contributed by atoms with Gasteiger partial charge in [0.15, 0.2) is 0 Å². The van der Waals surface area contributed by atoms with Gasteiger partial charge in [0.1, 0.15) is 5.75 Å². The molecule has 3 nitrogen and oxygen atoms in total. The Bertz CT molecular complexity index is 500. The van der Waals surface area contributed by atoms with Crippen LogP contribution in [0.4, 0.5) is 0 Å². The summed E-state index contributed by atoms with van der Waals surface area (Å²) in [6, 6.07) is 7.98. The van der Waals surface area contributed by atoms with Crippen LogP contribution in [-0.4, -0.2) is 16.2 Å². The van der Waals surface area contributed by atoms with Crippen LogP contribution in [0, 0.1) is 0 Å². The molecular formula is C13H15NO2. The molecule has 0 amide bonds. The molecule has 1 heterocycles. The van der Waals surface area contributed by atoms with Gasteiger partial charge in [-0.25, -0.2) is 0 Å². The number of hydrogen-bond acceptors (Lipinski definition) is 2. The lowest BCUT2D eigenvalue weighted by atomic mass is 9.96. The largest absolute Gasteiger partial charge is 0.490 e. The van der Waals surface area contributed by atoms with Crippen molar-refractivity contribution in [1.29, 1.82) is 0 Å². The summed E-state index contributed by atoms with van der Waals surface area (Å²) in [7, 11) is 0. The summed E-state index contributed by atoms with van der Waals surface area (Å²) in [5, 5.41) is 10.1. The van der Waals surface area contributed by atoms with E-state index in [1.807, 2.05) is 24.3 Å². The molecular weight excluding hydrogens is 202 g/mol. The molecule has 1 aromatic heterocycles. The van der Waals surface area contributed by atoms with Crippen molar-refractivity contribution in [2.24, 2.45) is 0 Å². The zero-order chi connectivity index (χ0) is 11.0. The van der Waals surface area contributed by atoms with Crippen molar-refractivity contribution in [1.82, 2.24) is 4.98 Å². The molecule has 0 atom stereocenters. The van der Waals surface area contributed by atoms with Crippen LogP contribution in [0.1, 0.15) is 25.0 Å². The maximum atomic E-state index is 9.04. The lowest BCUT2D eigenvalue weighted by Crippen LogP contribution is -2.24. The maximum absolute atomic E-state index is 9.04. The second kappa shape index (κ2) is 3.83. The van der Waals surface area contributed by atoms with Crippen molar-refractivity contribution >= 4 is 10.9 Å². The number of ether oxygens (including phenoxy) is 1. The molecule has 0 unspecified atom stereocenters. The Morgan fingerprint density at radius 1 is 1.31 bits per heavy atom. The molecule has 84 valence electrons. The predicted octanol–water partition coefficient (Wildman–Crippen LogP) is 2.59. The first-order valence-corrected chi connectivity index (χ1v) is 5.74. The van der Waals surface area contributed by atoms with Gasteiger partial charge in [0.05, 0.1) is 12.7 Å². The number of aliphatic hydroxyl groups is 1. The van der Waals surface area contributed by atoms with E-state index in [-0.39, 0.29) is 6.61 Å². The minimum Gasteiger partial charge on any atom is -0.490 e. The molecule has 16 heavy (non-hydrogen) atoms. The third-order valence-electron chi connectivity index (χ3n) is 3.17. The summed E-state index contributed by atoms with van der Waals surface area (Å²) in [4.78, 5) is 3.15. The van der Waals surface area contributed by atoms with Crippen LogP contribution in [0.3, 0.4) is 0 Å². The first kappa shape index (κ1) is 9.73. The first-order valence-electron chi connectivity index (χ1n) is 5.74. The minimum atomic E-state index is 0.0491. The Morgan fingerprint density at radius 3 is 2.88 bits per heavy atom. The third-order valence-corrected chi connectivity index (χ3v) is 3.17. The zero-order valence-electron chi connectivity index (χ0n) is 9.07. The van der Waals surface area contributed by atoms with Gasteiger partial charge in [0.2, 0.25) is 0 Å². The lowest BCUT2D eigenvalue weighted by molar-refractivity contribution is 0.120. The van der Waals surface area contributed by atoms with Crippen LogP contribution < -0.4 is 4.74 Å². The Labute approximate surface area is 94.0 Å². The number of nitrogens with one attached hydrogen (secondary N) is 1. The van der Waals surface area contributed by atoms with Crippen LogP contribution in [0.25, 0.3) is 10.9 Å². The summed E-state index contributed by atoms with van der Waals surface area (Å²) in [5.41, 5.74) is 1.89. The first-order chi connectivity index (χ1) is 7.85. The van der Waals surface area contributed by atoms with Crippen LogP contribution in [0.2, 0.25) is 0 Å². The average molecular weight is 217 g/mol. The van der Waals surface area contributed by atoms with E-state index in [4.69, 9.17) is 9.84 Å². The van der Waals surface area contributed by atoms with E-state index < -0.39 is 0 Å². The minimum absolute atomic E-state index is 0.0491. The SMILES string of the molecule is OCc1cc2cc(OC3CCC3)ccc2[nH]1. The predicted molar refractivity (Wildman–Crippen MR) is 62.5 cm³/mol.